The summed E-state index contributed by atoms with van der Waals surface area (Å²) in [6, 6.07) is 17.3. The molecular formula is C24H24N4O6. The topological polar surface area (TPSA) is 154 Å². The number of aliphatic carboxylic acids is 1. The predicted octanol–water partition coefficient (Wildman–Crippen LogP) is 2.73. The summed E-state index contributed by atoms with van der Waals surface area (Å²) < 4.78 is 5.45. The Morgan fingerprint density at radius 1 is 1.09 bits per heavy atom. The van der Waals surface area contributed by atoms with Crippen molar-refractivity contribution in [2.45, 2.75) is 24.9 Å². The number of rotatable bonds is 8. The van der Waals surface area contributed by atoms with Gasteiger partial charge in [0, 0.05) is 18.5 Å². The highest BCUT2D eigenvalue weighted by atomic mass is 16.5. The van der Waals surface area contributed by atoms with Crippen molar-refractivity contribution in [1.29, 1.82) is 0 Å². The lowest BCUT2D eigenvalue weighted by atomic mass is 9.98. The standard InChI is InChI=1S/C24H24N4O6/c1-24(33,11-21(29)30)13-25-22(31)19-10-20(28-27-19)26-23(32)34-12-18-16-8-4-2-6-14(16)15-7-3-5-9-17(15)18/h2-10,18,33H,11-13H2,1H3,(H,25,31)(H,29,30)(H2,26,27,28,32). The van der Waals surface area contributed by atoms with Crippen LogP contribution in [0.2, 0.25) is 0 Å². The largest absolute Gasteiger partial charge is 0.481 e. The van der Waals surface area contributed by atoms with E-state index in [4.69, 9.17) is 9.84 Å². The Morgan fingerprint density at radius 3 is 2.32 bits per heavy atom. The molecule has 34 heavy (non-hydrogen) atoms. The van der Waals surface area contributed by atoms with E-state index >= 15 is 0 Å². The highest BCUT2D eigenvalue weighted by Gasteiger charge is 2.29. The molecule has 1 aliphatic carbocycles. The molecule has 0 fully saturated rings. The maximum Gasteiger partial charge on any atom is 0.412 e. The van der Waals surface area contributed by atoms with Gasteiger partial charge in [-0.25, -0.2) is 4.79 Å². The number of carbonyl (C=O) groups excluding carboxylic acids is 2. The van der Waals surface area contributed by atoms with Crippen molar-refractivity contribution < 1.29 is 29.3 Å². The van der Waals surface area contributed by atoms with Crippen molar-refractivity contribution in [3.63, 3.8) is 0 Å². The average Bonchev–Trinajstić information content (AvgIpc) is 3.38. The van der Waals surface area contributed by atoms with Gasteiger partial charge >= 0.3 is 12.1 Å². The molecule has 1 atom stereocenters. The van der Waals surface area contributed by atoms with Crippen molar-refractivity contribution in [1.82, 2.24) is 15.5 Å². The smallest absolute Gasteiger partial charge is 0.412 e. The summed E-state index contributed by atoms with van der Waals surface area (Å²) in [6.45, 7) is 1.17. The van der Waals surface area contributed by atoms with Crippen LogP contribution in [0.5, 0.6) is 0 Å². The summed E-state index contributed by atoms with van der Waals surface area (Å²) in [5.74, 6) is -1.80. The number of fused-ring (bicyclic) bond motifs is 3. The summed E-state index contributed by atoms with van der Waals surface area (Å²) >= 11 is 0. The van der Waals surface area contributed by atoms with E-state index in [9.17, 15) is 19.5 Å². The number of hydrogen-bond donors (Lipinski definition) is 5. The molecule has 0 radical (unpaired) electrons. The first-order chi connectivity index (χ1) is 16.2. The molecule has 1 unspecified atom stereocenters. The third-order valence-corrected chi connectivity index (χ3v) is 5.56. The number of anilines is 1. The van der Waals surface area contributed by atoms with Crippen LogP contribution in [0.25, 0.3) is 11.1 Å². The lowest BCUT2D eigenvalue weighted by molar-refractivity contribution is -0.141. The molecular weight excluding hydrogens is 440 g/mol. The number of hydrogen-bond acceptors (Lipinski definition) is 6. The highest BCUT2D eigenvalue weighted by molar-refractivity contribution is 5.94. The molecule has 2 aromatic carbocycles. The molecule has 2 amide bonds. The van der Waals surface area contributed by atoms with E-state index in [0.717, 1.165) is 22.3 Å². The fraction of sp³-hybridized carbons (Fsp3) is 0.250. The molecule has 10 nitrogen and oxygen atoms in total. The minimum atomic E-state index is -1.61. The summed E-state index contributed by atoms with van der Waals surface area (Å²) in [5, 5.41) is 30.0. The quantitative estimate of drug-likeness (QED) is 0.343. The molecule has 4 rings (SSSR count). The summed E-state index contributed by atoms with van der Waals surface area (Å²) in [7, 11) is 0. The third kappa shape index (κ3) is 5.07. The number of aliphatic hydroxyl groups is 1. The predicted molar refractivity (Wildman–Crippen MR) is 122 cm³/mol. The third-order valence-electron chi connectivity index (χ3n) is 5.56. The maximum atomic E-state index is 12.4. The average molecular weight is 464 g/mol. The van der Waals surface area contributed by atoms with Crippen LogP contribution in [0.4, 0.5) is 10.6 Å². The lowest BCUT2D eigenvalue weighted by Crippen LogP contribution is -2.42. The van der Waals surface area contributed by atoms with E-state index < -0.39 is 30.0 Å². The van der Waals surface area contributed by atoms with Crippen molar-refractivity contribution in [2.24, 2.45) is 0 Å². The van der Waals surface area contributed by atoms with Crippen LogP contribution in [0.3, 0.4) is 0 Å². The second kappa shape index (κ2) is 9.36. The molecule has 1 aliphatic rings. The normalized spacial score (nSPS) is 13.9. The number of aromatic amines is 1. The minimum absolute atomic E-state index is 0.0278. The van der Waals surface area contributed by atoms with Gasteiger partial charge in [0.1, 0.15) is 12.3 Å². The van der Waals surface area contributed by atoms with Crippen LogP contribution >= 0.6 is 0 Å². The van der Waals surface area contributed by atoms with Crippen molar-refractivity contribution in [3.8, 4) is 11.1 Å². The summed E-state index contributed by atoms with van der Waals surface area (Å²) in [5.41, 5.74) is 2.85. The van der Waals surface area contributed by atoms with Crippen molar-refractivity contribution >= 4 is 23.8 Å². The first kappa shape index (κ1) is 23.0. The molecule has 5 N–H and O–H groups in total. The molecule has 1 aromatic heterocycles. The van der Waals surface area contributed by atoms with Gasteiger partial charge < -0.3 is 20.3 Å². The number of amides is 2. The number of carbonyl (C=O) groups is 3. The molecule has 0 spiro atoms. The van der Waals surface area contributed by atoms with E-state index in [1.54, 1.807) is 0 Å². The lowest BCUT2D eigenvalue weighted by Gasteiger charge is -2.21. The molecule has 0 saturated heterocycles. The van der Waals surface area contributed by atoms with Gasteiger partial charge in [-0.05, 0) is 29.2 Å². The summed E-state index contributed by atoms with van der Waals surface area (Å²) in [6.07, 6.45) is -1.24. The monoisotopic (exact) mass is 464 g/mol. The number of nitrogens with zero attached hydrogens (tertiary/aromatic N) is 1. The van der Waals surface area contributed by atoms with Gasteiger partial charge in [-0.1, -0.05) is 48.5 Å². The Hall–Kier alpha value is -4.18. The number of ether oxygens (including phenoxy) is 1. The van der Waals surface area contributed by atoms with Gasteiger partial charge in [-0.15, -0.1) is 0 Å². The first-order valence-corrected chi connectivity index (χ1v) is 10.6. The Balaban J connectivity index is 1.33. The molecule has 0 bridgehead atoms. The van der Waals surface area contributed by atoms with Crippen LogP contribution < -0.4 is 10.6 Å². The molecule has 0 aliphatic heterocycles. The number of aromatic nitrogens is 2. The van der Waals surface area contributed by atoms with Gasteiger partial charge in [0.05, 0.1) is 12.0 Å². The number of nitrogens with one attached hydrogen (secondary N) is 3. The second-order valence-corrected chi connectivity index (χ2v) is 8.37. The fourth-order valence-corrected chi connectivity index (χ4v) is 4.00. The first-order valence-electron chi connectivity index (χ1n) is 10.6. The van der Waals surface area contributed by atoms with Crippen LogP contribution in [0, 0.1) is 0 Å². The van der Waals surface area contributed by atoms with Crippen LogP contribution in [-0.4, -0.2) is 57.1 Å². The number of carboxylic acid groups (broad SMARTS) is 1. The Kier molecular flexibility index (Phi) is 6.33. The van der Waals surface area contributed by atoms with Gasteiger partial charge in [0.2, 0.25) is 0 Å². The van der Waals surface area contributed by atoms with Gasteiger partial charge in [-0.2, -0.15) is 5.10 Å². The number of H-pyrrole nitrogens is 1. The zero-order valence-electron chi connectivity index (χ0n) is 18.4. The molecule has 0 saturated carbocycles. The number of benzene rings is 2. The minimum Gasteiger partial charge on any atom is -0.481 e. The Bertz CT molecular complexity index is 1190. The van der Waals surface area contributed by atoms with Gasteiger partial charge in [0.15, 0.2) is 5.82 Å². The van der Waals surface area contributed by atoms with Gasteiger partial charge in [0.25, 0.3) is 5.91 Å². The number of carboxylic acids is 1. The Morgan fingerprint density at radius 2 is 1.71 bits per heavy atom. The van der Waals surface area contributed by atoms with Crippen LogP contribution in [0.15, 0.2) is 54.6 Å². The maximum absolute atomic E-state index is 12.4. The zero-order valence-corrected chi connectivity index (χ0v) is 18.4. The van der Waals surface area contributed by atoms with Crippen molar-refractivity contribution in [3.05, 3.63) is 71.4 Å². The fourth-order valence-electron chi connectivity index (χ4n) is 4.00. The van der Waals surface area contributed by atoms with E-state index in [1.165, 1.54) is 13.0 Å². The second-order valence-electron chi connectivity index (χ2n) is 8.37. The molecule has 176 valence electrons. The van der Waals surface area contributed by atoms with E-state index in [0.29, 0.717) is 0 Å². The van der Waals surface area contributed by atoms with Crippen LogP contribution in [-0.2, 0) is 9.53 Å². The van der Waals surface area contributed by atoms with Crippen LogP contribution in [0.1, 0.15) is 40.9 Å². The van der Waals surface area contributed by atoms with E-state index in [1.807, 2.05) is 48.5 Å². The Labute approximate surface area is 195 Å². The van der Waals surface area contributed by atoms with Gasteiger partial charge in [-0.3, -0.25) is 20.0 Å². The van der Waals surface area contributed by atoms with E-state index in [2.05, 4.69) is 20.8 Å². The summed E-state index contributed by atoms with van der Waals surface area (Å²) in [4.78, 5) is 35.3. The molecule has 1 heterocycles. The molecule has 10 heteroatoms. The van der Waals surface area contributed by atoms with Crippen molar-refractivity contribution in [2.75, 3.05) is 18.5 Å². The SMILES string of the molecule is CC(O)(CNC(=O)c1cc(NC(=O)OCC2c3ccccc3-c3ccccc32)n[nH]1)CC(=O)O. The molecule has 3 aromatic rings. The van der Waals surface area contributed by atoms with E-state index in [-0.39, 0.29) is 30.6 Å². The zero-order chi connectivity index (χ0) is 24.3. The highest BCUT2D eigenvalue weighted by Crippen LogP contribution is 2.44.